The minimum absolute atomic E-state index is 0.0187. The Morgan fingerprint density at radius 3 is 2.15 bits per heavy atom. The normalized spacial score (nSPS) is 24.2. The van der Waals surface area contributed by atoms with E-state index in [1.165, 1.54) is 0 Å². The SMILES string of the molecule is CC(C)(C)CC(C)(C)NC(=O)C1CCCC(C(=O)O)C1. The van der Waals surface area contributed by atoms with Gasteiger partial charge in [-0.15, -0.1) is 0 Å². The summed E-state index contributed by atoms with van der Waals surface area (Å²) < 4.78 is 0. The highest BCUT2D eigenvalue weighted by molar-refractivity contribution is 5.80. The predicted molar refractivity (Wildman–Crippen MR) is 79.4 cm³/mol. The van der Waals surface area contributed by atoms with Gasteiger partial charge in [0, 0.05) is 11.5 Å². The van der Waals surface area contributed by atoms with E-state index in [1.807, 2.05) is 13.8 Å². The quantitative estimate of drug-likeness (QED) is 0.832. The maximum absolute atomic E-state index is 12.4. The first-order chi connectivity index (χ1) is 9.00. The van der Waals surface area contributed by atoms with Crippen LogP contribution in [0.2, 0.25) is 0 Å². The summed E-state index contributed by atoms with van der Waals surface area (Å²) in [4.78, 5) is 23.4. The van der Waals surface area contributed by atoms with Crippen LogP contribution in [0.5, 0.6) is 0 Å². The lowest BCUT2D eigenvalue weighted by atomic mass is 9.79. The summed E-state index contributed by atoms with van der Waals surface area (Å²) in [5.41, 5.74) is -0.113. The predicted octanol–water partition coefficient (Wildman–Crippen LogP) is 3.21. The Morgan fingerprint density at radius 2 is 1.65 bits per heavy atom. The van der Waals surface area contributed by atoms with Gasteiger partial charge in [-0.25, -0.2) is 0 Å². The maximum atomic E-state index is 12.4. The second-order valence-corrected chi connectivity index (χ2v) is 8.01. The fourth-order valence-electron chi connectivity index (χ4n) is 3.46. The van der Waals surface area contributed by atoms with E-state index in [4.69, 9.17) is 5.11 Å². The zero-order valence-electron chi connectivity index (χ0n) is 13.5. The molecule has 0 aromatic carbocycles. The fraction of sp³-hybridized carbons (Fsp3) is 0.875. The molecule has 0 aliphatic heterocycles. The standard InChI is InChI=1S/C16H29NO3/c1-15(2,3)10-16(4,5)17-13(18)11-7-6-8-12(9-11)14(19)20/h11-12H,6-10H2,1-5H3,(H,17,18)(H,19,20). The lowest BCUT2D eigenvalue weighted by Gasteiger charge is -2.35. The molecule has 1 saturated carbocycles. The van der Waals surface area contributed by atoms with Crippen molar-refractivity contribution in [3.63, 3.8) is 0 Å². The molecule has 0 aromatic heterocycles. The average molecular weight is 283 g/mol. The molecule has 0 radical (unpaired) electrons. The number of amides is 1. The second-order valence-electron chi connectivity index (χ2n) is 8.01. The minimum atomic E-state index is -0.767. The van der Waals surface area contributed by atoms with E-state index in [0.29, 0.717) is 12.8 Å². The molecule has 1 amide bonds. The molecule has 1 rings (SSSR count). The third kappa shape index (κ3) is 5.51. The first-order valence-electron chi connectivity index (χ1n) is 7.55. The van der Waals surface area contributed by atoms with Crippen LogP contribution in [0.4, 0.5) is 0 Å². The van der Waals surface area contributed by atoms with E-state index < -0.39 is 5.97 Å². The third-order valence-electron chi connectivity index (χ3n) is 3.83. The summed E-state index contributed by atoms with van der Waals surface area (Å²) in [6.45, 7) is 10.5. The van der Waals surface area contributed by atoms with E-state index >= 15 is 0 Å². The molecule has 0 heterocycles. The van der Waals surface area contributed by atoms with Crippen LogP contribution >= 0.6 is 0 Å². The summed E-state index contributed by atoms with van der Waals surface area (Å²) in [5, 5.41) is 12.2. The van der Waals surface area contributed by atoms with Crippen LogP contribution in [0.25, 0.3) is 0 Å². The highest BCUT2D eigenvalue weighted by atomic mass is 16.4. The van der Waals surface area contributed by atoms with Crippen LogP contribution in [0.15, 0.2) is 0 Å². The number of carboxylic acids is 1. The molecular weight excluding hydrogens is 254 g/mol. The Bertz CT molecular complexity index is 368. The van der Waals surface area contributed by atoms with Gasteiger partial charge in [-0.1, -0.05) is 27.2 Å². The summed E-state index contributed by atoms with van der Waals surface area (Å²) in [6.07, 6.45) is 3.70. The van der Waals surface area contributed by atoms with Crippen molar-refractivity contribution in [2.45, 2.75) is 72.3 Å². The van der Waals surface area contributed by atoms with Crippen LogP contribution in [-0.2, 0) is 9.59 Å². The molecule has 2 N–H and O–H groups in total. The number of hydrogen-bond donors (Lipinski definition) is 2. The highest BCUT2D eigenvalue weighted by Gasteiger charge is 2.34. The van der Waals surface area contributed by atoms with Crippen molar-refractivity contribution in [2.24, 2.45) is 17.3 Å². The van der Waals surface area contributed by atoms with Crippen molar-refractivity contribution in [2.75, 3.05) is 0 Å². The number of hydrogen-bond acceptors (Lipinski definition) is 2. The van der Waals surface area contributed by atoms with Gasteiger partial charge < -0.3 is 10.4 Å². The summed E-state index contributed by atoms with van der Waals surface area (Å²) in [5.74, 6) is -1.25. The van der Waals surface area contributed by atoms with E-state index in [1.54, 1.807) is 0 Å². The first kappa shape index (κ1) is 17.0. The molecular formula is C16H29NO3. The lowest BCUT2D eigenvalue weighted by Crippen LogP contribution is -2.49. The number of rotatable bonds is 4. The highest BCUT2D eigenvalue weighted by Crippen LogP contribution is 2.31. The fourth-order valence-corrected chi connectivity index (χ4v) is 3.46. The minimum Gasteiger partial charge on any atom is -0.481 e. The Morgan fingerprint density at radius 1 is 1.10 bits per heavy atom. The van der Waals surface area contributed by atoms with Crippen LogP contribution in [0.1, 0.15) is 66.7 Å². The molecule has 2 atom stereocenters. The first-order valence-corrected chi connectivity index (χ1v) is 7.55. The number of carbonyl (C=O) groups is 2. The Balaban J connectivity index is 2.59. The van der Waals surface area contributed by atoms with Crippen LogP contribution in [-0.4, -0.2) is 22.5 Å². The molecule has 0 bridgehead atoms. The monoisotopic (exact) mass is 283 g/mol. The smallest absolute Gasteiger partial charge is 0.306 e. The number of aliphatic carboxylic acids is 1. The van der Waals surface area contributed by atoms with Crippen molar-refractivity contribution in [3.8, 4) is 0 Å². The Kier molecular flexibility index (Phi) is 5.22. The second kappa shape index (κ2) is 6.15. The van der Waals surface area contributed by atoms with Crippen LogP contribution in [0.3, 0.4) is 0 Å². The third-order valence-corrected chi connectivity index (χ3v) is 3.83. The number of carboxylic acid groups (broad SMARTS) is 1. The number of carbonyl (C=O) groups excluding carboxylic acids is 1. The average Bonchev–Trinajstić information content (AvgIpc) is 2.25. The van der Waals surface area contributed by atoms with E-state index in [0.717, 1.165) is 19.3 Å². The molecule has 4 heteroatoms. The molecule has 4 nitrogen and oxygen atoms in total. The Hall–Kier alpha value is -1.06. The largest absolute Gasteiger partial charge is 0.481 e. The zero-order chi connectivity index (χ0) is 15.6. The molecule has 0 spiro atoms. The van der Waals surface area contributed by atoms with E-state index in [-0.39, 0.29) is 28.7 Å². The van der Waals surface area contributed by atoms with Crippen molar-refractivity contribution in [3.05, 3.63) is 0 Å². The van der Waals surface area contributed by atoms with Gasteiger partial charge in [0.1, 0.15) is 0 Å². The zero-order valence-corrected chi connectivity index (χ0v) is 13.5. The van der Waals surface area contributed by atoms with E-state index in [2.05, 4.69) is 26.1 Å². The maximum Gasteiger partial charge on any atom is 0.306 e. The molecule has 1 aliphatic carbocycles. The summed E-state index contributed by atoms with van der Waals surface area (Å²) >= 11 is 0. The number of nitrogens with one attached hydrogen (secondary N) is 1. The molecule has 116 valence electrons. The van der Waals surface area contributed by atoms with Crippen LogP contribution < -0.4 is 5.32 Å². The van der Waals surface area contributed by atoms with Crippen molar-refractivity contribution >= 4 is 11.9 Å². The van der Waals surface area contributed by atoms with Crippen LogP contribution in [0, 0.1) is 17.3 Å². The molecule has 0 saturated heterocycles. The molecule has 1 aliphatic rings. The van der Waals surface area contributed by atoms with Gasteiger partial charge in [0.25, 0.3) is 0 Å². The summed E-state index contributed by atoms with van der Waals surface area (Å²) in [7, 11) is 0. The Labute approximate surface area is 122 Å². The van der Waals surface area contributed by atoms with Gasteiger partial charge in [-0.3, -0.25) is 9.59 Å². The van der Waals surface area contributed by atoms with E-state index in [9.17, 15) is 9.59 Å². The molecule has 20 heavy (non-hydrogen) atoms. The molecule has 1 fully saturated rings. The van der Waals surface area contributed by atoms with Crippen molar-refractivity contribution < 1.29 is 14.7 Å². The topological polar surface area (TPSA) is 66.4 Å². The van der Waals surface area contributed by atoms with Gasteiger partial charge in [-0.05, 0) is 44.9 Å². The van der Waals surface area contributed by atoms with Crippen molar-refractivity contribution in [1.29, 1.82) is 0 Å². The van der Waals surface area contributed by atoms with Gasteiger partial charge in [-0.2, -0.15) is 0 Å². The molecule has 2 unspecified atom stereocenters. The van der Waals surface area contributed by atoms with Gasteiger partial charge in [0.15, 0.2) is 0 Å². The van der Waals surface area contributed by atoms with Gasteiger partial charge in [0.2, 0.25) is 5.91 Å². The van der Waals surface area contributed by atoms with Crippen molar-refractivity contribution in [1.82, 2.24) is 5.32 Å². The summed E-state index contributed by atoms with van der Waals surface area (Å²) in [6, 6.07) is 0. The van der Waals surface area contributed by atoms with Gasteiger partial charge in [0.05, 0.1) is 5.92 Å². The lowest BCUT2D eigenvalue weighted by molar-refractivity contribution is -0.144. The van der Waals surface area contributed by atoms with Gasteiger partial charge >= 0.3 is 5.97 Å². The molecule has 0 aromatic rings.